The van der Waals surface area contributed by atoms with Gasteiger partial charge in [-0.15, -0.1) is 0 Å². The summed E-state index contributed by atoms with van der Waals surface area (Å²) in [5, 5.41) is 9.88. The van der Waals surface area contributed by atoms with Crippen molar-refractivity contribution in [3.8, 4) is 17.7 Å². The fourth-order valence-electron chi connectivity index (χ4n) is 4.94. The van der Waals surface area contributed by atoms with E-state index in [1.807, 2.05) is 6.92 Å². The van der Waals surface area contributed by atoms with Crippen molar-refractivity contribution in [1.29, 1.82) is 0 Å². The number of ether oxygens (including phenoxy) is 1. The van der Waals surface area contributed by atoms with E-state index in [1.54, 1.807) is 54.4 Å². The van der Waals surface area contributed by atoms with Gasteiger partial charge in [0.2, 0.25) is 15.9 Å². The third-order valence-electron chi connectivity index (χ3n) is 7.44. The molecule has 1 N–H and O–H groups in total. The molecule has 1 aromatic carbocycles. The first-order valence-electron chi connectivity index (χ1n) is 13.3. The van der Waals surface area contributed by atoms with Crippen LogP contribution < -0.4 is 4.74 Å². The number of carbonyl (C=O) groups excluding carboxylic acids is 1. The largest absolute Gasteiger partial charge is 0.472 e. The normalized spacial score (nSPS) is 21.5. The van der Waals surface area contributed by atoms with Crippen LogP contribution in [0.4, 0.5) is 0 Å². The molecule has 2 aromatic rings. The number of aliphatic hydroxyl groups is 1. The third-order valence-corrected chi connectivity index (χ3v) is 9.27. The van der Waals surface area contributed by atoms with Crippen molar-refractivity contribution >= 4 is 15.9 Å². The number of hydrogen-bond donors (Lipinski definition) is 1. The monoisotopic (exact) mass is 539 g/mol. The number of fused-ring (bicyclic) bond motifs is 1. The number of benzene rings is 1. The Morgan fingerprint density at radius 3 is 2.61 bits per heavy atom. The van der Waals surface area contributed by atoms with Crippen molar-refractivity contribution in [2.45, 2.75) is 63.0 Å². The number of nitrogens with zero attached hydrogens (tertiary/aromatic N) is 3. The van der Waals surface area contributed by atoms with Crippen molar-refractivity contribution in [3.05, 3.63) is 53.7 Å². The maximum atomic E-state index is 13.6. The summed E-state index contributed by atoms with van der Waals surface area (Å²) in [6.07, 6.45) is 6.85. The molecular weight excluding hydrogens is 502 g/mol. The lowest BCUT2D eigenvalue weighted by Crippen LogP contribution is -2.50. The Hall–Kier alpha value is -2.93. The predicted molar refractivity (Wildman–Crippen MR) is 145 cm³/mol. The lowest BCUT2D eigenvalue weighted by atomic mass is 9.90. The van der Waals surface area contributed by atoms with Gasteiger partial charge in [0.05, 0.1) is 24.1 Å². The number of carbonyl (C=O) groups is 1. The van der Waals surface area contributed by atoms with Crippen LogP contribution in [-0.4, -0.2) is 72.5 Å². The Kier molecular flexibility index (Phi) is 9.08. The molecule has 8 nitrogen and oxygen atoms in total. The Morgan fingerprint density at radius 2 is 1.92 bits per heavy atom. The Balaban J connectivity index is 1.65. The minimum atomic E-state index is -3.74. The number of rotatable bonds is 6. The van der Waals surface area contributed by atoms with E-state index in [4.69, 9.17) is 4.74 Å². The van der Waals surface area contributed by atoms with Crippen LogP contribution in [0, 0.1) is 23.7 Å². The van der Waals surface area contributed by atoms with E-state index in [0.717, 1.165) is 12.8 Å². The molecule has 38 heavy (non-hydrogen) atoms. The first-order chi connectivity index (χ1) is 18.2. The van der Waals surface area contributed by atoms with Crippen LogP contribution in [0.2, 0.25) is 0 Å². The fraction of sp³-hybridized carbons (Fsp3) is 0.517. The fourth-order valence-corrected chi connectivity index (χ4v) is 6.15. The molecule has 1 aliphatic carbocycles. The molecule has 0 saturated heterocycles. The lowest BCUT2D eigenvalue weighted by molar-refractivity contribution is 0.0373. The van der Waals surface area contributed by atoms with Crippen LogP contribution >= 0.6 is 0 Å². The molecule has 9 heteroatoms. The molecule has 204 valence electrons. The van der Waals surface area contributed by atoms with Gasteiger partial charge in [-0.2, -0.15) is 4.31 Å². The highest BCUT2D eigenvalue weighted by molar-refractivity contribution is 7.89. The van der Waals surface area contributed by atoms with E-state index in [1.165, 1.54) is 30.6 Å². The van der Waals surface area contributed by atoms with Gasteiger partial charge in [-0.1, -0.05) is 56.2 Å². The Morgan fingerprint density at radius 1 is 1.21 bits per heavy atom. The van der Waals surface area contributed by atoms with E-state index in [2.05, 4.69) is 16.8 Å². The van der Waals surface area contributed by atoms with E-state index >= 15 is 0 Å². The standard InChI is InChI=1S/C29H37N3O5S/c1-21-18-32(22(2)20-33)29(34)26-16-24(15-14-23-10-6-4-7-11-23)17-30-28(26)37-27(21)19-31(3)38(35,36)25-12-8-5-9-13-25/h5,8-9,12-13,16-17,21-23,27,33H,4,6-7,10-11,18-20H2,1-3H3/t21-,22+,27-/m0/s1. The van der Waals surface area contributed by atoms with Gasteiger partial charge in [0.15, 0.2) is 0 Å². The summed E-state index contributed by atoms with van der Waals surface area (Å²) in [5.74, 6) is 6.52. The molecule has 2 heterocycles. The molecule has 1 fully saturated rings. The number of pyridine rings is 1. The molecule has 0 bridgehead atoms. The average Bonchev–Trinajstić information content (AvgIpc) is 2.94. The summed E-state index contributed by atoms with van der Waals surface area (Å²) in [6.45, 7) is 3.86. The van der Waals surface area contributed by atoms with Gasteiger partial charge in [0.1, 0.15) is 11.7 Å². The van der Waals surface area contributed by atoms with Crippen LogP contribution in [0.25, 0.3) is 0 Å². The number of aliphatic hydroxyl groups excluding tert-OH is 1. The van der Waals surface area contributed by atoms with E-state index in [-0.39, 0.29) is 41.3 Å². The van der Waals surface area contributed by atoms with Gasteiger partial charge < -0.3 is 14.7 Å². The van der Waals surface area contributed by atoms with Crippen LogP contribution in [-0.2, 0) is 10.0 Å². The number of likely N-dealkylation sites (N-methyl/N-ethyl adjacent to an activating group) is 1. The van der Waals surface area contributed by atoms with E-state index in [0.29, 0.717) is 18.0 Å². The lowest BCUT2D eigenvalue weighted by Gasteiger charge is -2.37. The van der Waals surface area contributed by atoms with Gasteiger partial charge in [0, 0.05) is 37.2 Å². The maximum Gasteiger partial charge on any atom is 0.259 e. The molecule has 1 amide bonds. The first-order valence-corrected chi connectivity index (χ1v) is 14.8. The molecule has 0 unspecified atom stereocenters. The Labute approximate surface area is 226 Å². The second-order valence-corrected chi connectivity index (χ2v) is 12.4. The molecule has 1 saturated carbocycles. The SMILES string of the molecule is C[C@H](CO)N1C[C@H](C)[C@H](CN(C)S(=O)(=O)c2ccccc2)Oc2ncc(C#CC3CCCCC3)cc2C1=O. The quantitative estimate of drug-likeness (QED) is 0.564. The summed E-state index contributed by atoms with van der Waals surface area (Å²) < 4.78 is 33.9. The summed E-state index contributed by atoms with van der Waals surface area (Å²) >= 11 is 0. The molecule has 1 aromatic heterocycles. The highest BCUT2D eigenvalue weighted by Crippen LogP contribution is 2.28. The number of sulfonamides is 1. The van der Waals surface area contributed by atoms with Gasteiger partial charge in [-0.3, -0.25) is 4.79 Å². The number of hydrogen-bond acceptors (Lipinski definition) is 6. The molecule has 1 aliphatic heterocycles. The van der Waals surface area contributed by atoms with Gasteiger partial charge in [-0.05, 0) is 38.0 Å². The second kappa shape index (κ2) is 12.3. The summed E-state index contributed by atoms with van der Waals surface area (Å²) in [7, 11) is -2.21. The van der Waals surface area contributed by atoms with Crippen LogP contribution in [0.15, 0.2) is 47.5 Å². The van der Waals surface area contributed by atoms with Crippen molar-refractivity contribution in [2.75, 3.05) is 26.7 Å². The van der Waals surface area contributed by atoms with Crippen molar-refractivity contribution in [2.24, 2.45) is 11.8 Å². The number of aromatic nitrogens is 1. The smallest absolute Gasteiger partial charge is 0.259 e. The highest BCUT2D eigenvalue weighted by Gasteiger charge is 2.35. The van der Waals surface area contributed by atoms with Gasteiger partial charge in [0.25, 0.3) is 5.91 Å². The average molecular weight is 540 g/mol. The first kappa shape index (κ1) is 28.1. The van der Waals surface area contributed by atoms with E-state index < -0.39 is 22.2 Å². The minimum absolute atomic E-state index is 0.0677. The summed E-state index contributed by atoms with van der Waals surface area (Å²) in [6, 6.07) is 9.53. The van der Waals surface area contributed by atoms with Crippen LogP contribution in [0.3, 0.4) is 0 Å². The molecule has 2 aliphatic rings. The third kappa shape index (κ3) is 6.37. The molecule has 3 atom stereocenters. The maximum absolute atomic E-state index is 13.6. The zero-order chi connectivity index (χ0) is 27.3. The molecule has 0 radical (unpaired) electrons. The van der Waals surface area contributed by atoms with Crippen LogP contribution in [0.5, 0.6) is 5.88 Å². The van der Waals surface area contributed by atoms with Gasteiger partial charge in [-0.25, -0.2) is 13.4 Å². The van der Waals surface area contributed by atoms with Crippen molar-refractivity contribution in [1.82, 2.24) is 14.2 Å². The summed E-state index contributed by atoms with van der Waals surface area (Å²) in [5.41, 5.74) is 0.906. The van der Waals surface area contributed by atoms with Crippen molar-refractivity contribution in [3.63, 3.8) is 0 Å². The van der Waals surface area contributed by atoms with Crippen molar-refractivity contribution < 1.29 is 23.1 Å². The van der Waals surface area contributed by atoms with E-state index in [9.17, 15) is 18.3 Å². The molecule has 4 rings (SSSR count). The molecule has 0 spiro atoms. The predicted octanol–water partition coefficient (Wildman–Crippen LogP) is 3.55. The minimum Gasteiger partial charge on any atom is -0.472 e. The Bertz CT molecular complexity index is 1280. The topological polar surface area (TPSA) is 100 Å². The summed E-state index contributed by atoms with van der Waals surface area (Å²) in [4.78, 5) is 19.9. The molecular formula is C29H37N3O5S. The zero-order valence-corrected chi connectivity index (χ0v) is 23.2. The zero-order valence-electron chi connectivity index (χ0n) is 22.3. The number of amides is 1. The van der Waals surface area contributed by atoms with Crippen LogP contribution in [0.1, 0.15) is 61.9 Å². The van der Waals surface area contributed by atoms with Gasteiger partial charge >= 0.3 is 0 Å². The second-order valence-electron chi connectivity index (χ2n) is 10.4. The highest BCUT2D eigenvalue weighted by atomic mass is 32.2.